The van der Waals surface area contributed by atoms with Crippen LogP contribution in [0.4, 0.5) is 5.69 Å². The van der Waals surface area contributed by atoms with Gasteiger partial charge < -0.3 is 10.2 Å². The lowest BCUT2D eigenvalue weighted by Gasteiger charge is -2.20. The Morgan fingerprint density at radius 2 is 1.58 bits per heavy atom. The van der Waals surface area contributed by atoms with Crippen molar-refractivity contribution in [2.45, 2.75) is 11.8 Å². The van der Waals surface area contributed by atoms with Crippen LogP contribution < -0.4 is 4.31 Å². The van der Waals surface area contributed by atoms with Crippen molar-refractivity contribution in [2.24, 2.45) is 0 Å². The van der Waals surface area contributed by atoms with E-state index in [-0.39, 0.29) is 17.4 Å². The van der Waals surface area contributed by atoms with Gasteiger partial charge in [-0.3, -0.25) is 4.79 Å². The molecule has 2 N–H and O–H groups in total. The van der Waals surface area contributed by atoms with Crippen molar-refractivity contribution >= 4 is 23.5 Å². The predicted molar refractivity (Wildman–Crippen MR) is 75.2 cm³/mol. The van der Waals surface area contributed by atoms with Crippen LogP contribution in [0.5, 0.6) is 11.5 Å². The summed E-state index contributed by atoms with van der Waals surface area (Å²) >= 11 is 1.06. The molecular formula is C14H13NO3S. The van der Waals surface area contributed by atoms with Gasteiger partial charge in [0.05, 0.1) is 10.6 Å². The Bertz CT molecular complexity index is 601. The number of carbonyl (C=O) groups excluding carboxylic acids is 1. The second kappa shape index (κ2) is 5.67. The first-order chi connectivity index (χ1) is 9.09. The molecule has 98 valence electrons. The van der Waals surface area contributed by atoms with Gasteiger partial charge in [0.15, 0.2) is 0 Å². The summed E-state index contributed by atoms with van der Waals surface area (Å²) in [5.74, 6) is -0.135. The van der Waals surface area contributed by atoms with E-state index in [9.17, 15) is 15.0 Å². The van der Waals surface area contributed by atoms with E-state index in [2.05, 4.69) is 0 Å². The highest BCUT2D eigenvalue weighted by Gasteiger charge is 2.18. The van der Waals surface area contributed by atoms with E-state index in [1.165, 1.54) is 17.3 Å². The molecule has 2 rings (SSSR count). The van der Waals surface area contributed by atoms with Gasteiger partial charge in [0, 0.05) is 6.92 Å². The van der Waals surface area contributed by atoms with Gasteiger partial charge in [0.1, 0.15) is 11.5 Å². The molecule has 1 amide bonds. The van der Waals surface area contributed by atoms with Crippen molar-refractivity contribution in [1.29, 1.82) is 0 Å². The van der Waals surface area contributed by atoms with E-state index >= 15 is 0 Å². The van der Waals surface area contributed by atoms with Crippen LogP contribution >= 0.6 is 11.9 Å². The first-order valence-corrected chi connectivity index (χ1v) is 6.41. The predicted octanol–water partition coefficient (Wildman–Crippen LogP) is 3.16. The van der Waals surface area contributed by atoms with E-state index < -0.39 is 0 Å². The topological polar surface area (TPSA) is 60.8 Å². The number of anilines is 1. The number of hydrogen-bond acceptors (Lipinski definition) is 4. The lowest BCUT2D eigenvalue weighted by molar-refractivity contribution is -0.115. The third-order valence-electron chi connectivity index (χ3n) is 2.44. The number of rotatable bonds is 3. The molecular weight excluding hydrogens is 262 g/mol. The summed E-state index contributed by atoms with van der Waals surface area (Å²) in [7, 11) is 0. The van der Waals surface area contributed by atoms with Crippen molar-refractivity contribution in [3.05, 3.63) is 48.5 Å². The van der Waals surface area contributed by atoms with Crippen LogP contribution in [-0.2, 0) is 4.79 Å². The minimum atomic E-state index is -0.241. The zero-order valence-corrected chi connectivity index (χ0v) is 11.1. The number of phenols is 2. The van der Waals surface area contributed by atoms with E-state index in [0.29, 0.717) is 10.6 Å². The summed E-state index contributed by atoms with van der Waals surface area (Å²) in [5.41, 5.74) is 0.392. The largest absolute Gasteiger partial charge is 0.507 e. The first-order valence-electron chi connectivity index (χ1n) is 5.64. The monoisotopic (exact) mass is 275 g/mol. The molecule has 0 unspecified atom stereocenters. The van der Waals surface area contributed by atoms with Crippen molar-refractivity contribution in [1.82, 2.24) is 0 Å². The Morgan fingerprint density at radius 1 is 1.00 bits per heavy atom. The lowest BCUT2D eigenvalue weighted by Crippen LogP contribution is -2.20. The van der Waals surface area contributed by atoms with Crippen LogP contribution in [-0.4, -0.2) is 16.1 Å². The van der Waals surface area contributed by atoms with Crippen LogP contribution in [0, 0.1) is 0 Å². The zero-order chi connectivity index (χ0) is 13.8. The van der Waals surface area contributed by atoms with Gasteiger partial charge in [0.25, 0.3) is 0 Å². The highest BCUT2D eigenvalue weighted by molar-refractivity contribution is 8.01. The zero-order valence-electron chi connectivity index (χ0n) is 10.3. The summed E-state index contributed by atoms with van der Waals surface area (Å²) in [6.45, 7) is 1.40. The molecule has 0 saturated carbocycles. The van der Waals surface area contributed by atoms with E-state index in [0.717, 1.165) is 11.9 Å². The molecule has 0 aromatic heterocycles. The fourth-order valence-corrected chi connectivity index (χ4v) is 2.43. The van der Waals surface area contributed by atoms with Gasteiger partial charge in [-0.05, 0) is 36.2 Å². The minimum Gasteiger partial charge on any atom is -0.507 e. The Kier molecular flexibility index (Phi) is 3.97. The van der Waals surface area contributed by atoms with Crippen molar-refractivity contribution in [3.63, 3.8) is 0 Å². The maximum absolute atomic E-state index is 11.7. The quantitative estimate of drug-likeness (QED) is 0.845. The molecule has 5 heteroatoms. The highest BCUT2D eigenvalue weighted by atomic mass is 32.2. The number of phenolic OH excluding ortho intramolecular Hbond substituents is 2. The summed E-state index contributed by atoms with van der Waals surface area (Å²) in [4.78, 5) is 12.3. The number of nitrogens with zero attached hydrogens (tertiary/aromatic N) is 1. The SMILES string of the molecule is CC(=O)N(Sc1ccccc1O)c1ccccc1O. The molecule has 2 aromatic rings. The van der Waals surface area contributed by atoms with Gasteiger partial charge in [0.2, 0.25) is 5.91 Å². The van der Waals surface area contributed by atoms with Crippen molar-refractivity contribution in [2.75, 3.05) is 4.31 Å². The number of amides is 1. The average Bonchev–Trinajstić information content (AvgIpc) is 2.38. The number of carbonyl (C=O) groups is 1. The lowest BCUT2D eigenvalue weighted by atomic mass is 10.3. The van der Waals surface area contributed by atoms with Crippen molar-refractivity contribution in [3.8, 4) is 11.5 Å². The Hall–Kier alpha value is -2.14. The molecule has 0 radical (unpaired) electrons. The first kappa shape index (κ1) is 13.3. The van der Waals surface area contributed by atoms with Gasteiger partial charge in [-0.1, -0.05) is 24.3 Å². The minimum absolute atomic E-state index is 0.0145. The van der Waals surface area contributed by atoms with Gasteiger partial charge in [-0.25, -0.2) is 4.31 Å². The van der Waals surface area contributed by atoms with Crippen LogP contribution in [0.25, 0.3) is 0 Å². The Morgan fingerprint density at radius 3 is 2.16 bits per heavy atom. The van der Waals surface area contributed by atoms with Crippen LogP contribution in [0.1, 0.15) is 6.92 Å². The normalized spacial score (nSPS) is 10.2. The maximum Gasteiger partial charge on any atom is 0.234 e. The molecule has 19 heavy (non-hydrogen) atoms. The van der Waals surface area contributed by atoms with E-state index in [1.54, 1.807) is 42.5 Å². The van der Waals surface area contributed by atoms with Crippen LogP contribution in [0.2, 0.25) is 0 Å². The number of aromatic hydroxyl groups is 2. The molecule has 0 atom stereocenters. The number of para-hydroxylation sites is 3. The molecule has 0 aliphatic heterocycles. The standard InChI is InChI=1S/C14H13NO3S/c1-10(16)15(11-6-2-3-7-12(11)17)19-14-9-5-4-8-13(14)18/h2-9,17-18H,1H3. The van der Waals surface area contributed by atoms with Crippen molar-refractivity contribution < 1.29 is 15.0 Å². The summed E-state index contributed by atoms with van der Waals surface area (Å²) in [5, 5.41) is 19.5. The molecule has 0 heterocycles. The summed E-state index contributed by atoms with van der Waals surface area (Å²) in [6, 6.07) is 13.3. The maximum atomic E-state index is 11.7. The molecule has 0 spiro atoms. The van der Waals surface area contributed by atoms with Crippen LogP contribution in [0.15, 0.2) is 53.4 Å². The van der Waals surface area contributed by atoms with Crippen LogP contribution in [0.3, 0.4) is 0 Å². The van der Waals surface area contributed by atoms with Gasteiger partial charge in [-0.2, -0.15) is 0 Å². The second-order valence-corrected chi connectivity index (χ2v) is 4.85. The third kappa shape index (κ3) is 3.00. The molecule has 0 fully saturated rings. The average molecular weight is 275 g/mol. The van der Waals surface area contributed by atoms with E-state index in [1.807, 2.05) is 0 Å². The number of hydrogen-bond donors (Lipinski definition) is 2. The highest BCUT2D eigenvalue weighted by Crippen LogP contribution is 2.37. The summed E-state index contributed by atoms with van der Waals surface area (Å²) < 4.78 is 1.34. The molecule has 4 nitrogen and oxygen atoms in total. The van der Waals surface area contributed by atoms with Gasteiger partial charge >= 0.3 is 0 Å². The van der Waals surface area contributed by atoms with Gasteiger partial charge in [-0.15, -0.1) is 0 Å². The fraction of sp³-hybridized carbons (Fsp3) is 0.0714. The summed E-state index contributed by atoms with van der Waals surface area (Å²) in [6.07, 6.45) is 0. The molecule has 0 aliphatic carbocycles. The van der Waals surface area contributed by atoms with E-state index in [4.69, 9.17) is 0 Å². The molecule has 0 bridgehead atoms. The molecule has 0 aliphatic rings. The molecule has 2 aromatic carbocycles. The second-order valence-electron chi connectivity index (χ2n) is 3.86. The fourth-order valence-electron chi connectivity index (χ4n) is 1.55. The third-order valence-corrected chi connectivity index (χ3v) is 3.62. The Balaban J connectivity index is 2.35. The smallest absolute Gasteiger partial charge is 0.234 e. The molecule has 0 saturated heterocycles. The number of benzene rings is 2. The Labute approximate surface area is 115 Å².